The van der Waals surface area contributed by atoms with Gasteiger partial charge in [-0.05, 0) is 110 Å². The van der Waals surface area contributed by atoms with Crippen molar-refractivity contribution in [3.05, 3.63) is 94.4 Å². The Bertz CT molecular complexity index is 2510. The fourth-order valence-electron chi connectivity index (χ4n) is 10.6. The number of phenolic OH excluding ortho intramolecular Hbond substituents is 1. The number of Topliss-reactive ketones (excluding diaryl/α,β-unsaturated/α-hetero) is 1. The van der Waals surface area contributed by atoms with Crippen LogP contribution >= 0.6 is 11.3 Å². The maximum absolute atomic E-state index is 14.3. The Labute approximate surface area is 360 Å². The van der Waals surface area contributed by atoms with Gasteiger partial charge in [0.05, 0.1) is 33.7 Å². The topological polar surface area (TPSA) is 159 Å². The number of phenols is 1. The largest absolute Gasteiger partial charge is 0.507 e. The molecule has 0 bridgehead atoms. The predicted octanol–water partition coefficient (Wildman–Crippen LogP) is 9.17. The summed E-state index contributed by atoms with van der Waals surface area (Å²) in [6.45, 7) is 13.5. The number of rotatable bonds is 14. The van der Waals surface area contributed by atoms with Gasteiger partial charge in [-0.15, -0.1) is 21.5 Å². The van der Waals surface area contributed by atoms with Crippen LogP contribution in [0.25, 0.3) is 32.7 Å². The molecule has 1 saturated heterocycles. The highest BCUT2D eigenvalue weighted by Crippen LogP contribution is 2.49. The Balaban J connectivity index is 0.772. The van der Waals surface area contributed by atoms with Gasteiger partial charge in [-0.2, -0.15) is 0 Å². The van der Waals surface area contributed by atoms with Crippen molar-refractivity contribution >= 4 is 34.1 Å². The average Bonchev–Trinajstić information content (AvgIpc) is 4.10. The number of amides is 1. The van der Waals surface area contributed by atoms with E-state index in [0.29, 0.717) is 60.1 Å². The molecule has 4 aromatic heterocycles. The number of carbonyl (C=O) groups is 2. The highest BCUT2D eigenvalue weighted by atomic mass is 32.1. The van der Waals surface area contributed by atoms with Crippen LogP contribution in [-0.4, -0.2) is 73.3 Å². The molecule has 12 nitrogen and oxygen atoms in total. The molecule has 3 N–H and O–H groups in total. The molecule has 3 fully saturated rings. The molecule has 61 heavy (non-hydrogen) atoms. The number of likely N-dealkylation sites (tertiary alicyclic amines) is 1. The molecule has 13 heteroatoms. The molecule has 6 aromatic rings. The van der Waals surface area contributed by atoms with Crippen molar-refractivity contribution in [1.29, 1.82) is 0 Å². The molecule has 318 valence electrons. The monoisotopic (exact) mass is 841 g/mol. The van der Waals surface area contributed by atoms with Gasteiger partial charge in [0.2, 0.25) is 5.91 Å². The third-order valence-corrected chi connectivity index (χ3v) is 14.6. The number of aryl methyl sites for hydroxylation is 2. The van der Waals surface area contributed by atoms with Crippen LogP contribution in [0.15, 0.2) is 70.7 Å². The van der Waals surface area contributed by atoms with Gasteiger partial charge >= 0.3 is 0 Å². The SMILES string of the molecule is Cc1ncsc1-c1ccc([C@H](C)NC(=O)[C@@H]2CCCC2C(=O)[C@@H](c2cc(OCCN3C[C@H]4C[C@@H](c5c(C)[nH]c6nnc(-c7ccccc7O)cc56)C[C@H]4C3)no2)C(C)C)cc1. The number of ketones is 1. The molecule has 7 atom stereocenters. The van der Waals surface area contributed by atoms with Crippen LogP contribution in [0.2, 0.25) is 0 Å². The van der Waals surface area contributed by atoms with Crippen molar-refractivity contribution in [2.45, 2.75) is 84.6 Å². The quantitative estimate of drug-likeness (QED) is 0.0966. The minimum atomic E-state index is -0.515. The van der Waals surface area contributed by atoms with Gasteiger partial charge in [0, 0.05) is 54.2 Å². The first-order valence-corrected chi connectivity index (χ1v) is 22.7. The summed E-state index contributed by atoms with van der Waals surface area (Å²) in [4.78, 5) is 39.4. The van der Waals surface area contributed by atoms with Gasteiger partial charge in [0.1, 0.15) is 18.1 Å². The second kappa shape index (κ2) is 17.2. The number of aromatic nitrogens is 5. The third kappa shape index (κ3) is 8.22. The van der Waals surface area contributed by atoms with Gasteiger partial charge in [-0.25, -0.2) is 4.98 Å². The van der Waals surface area contributed by atoms with Crippen LogP contribution in [-0.2, 0) is 9.59 Å². The van der Waals surface area contributed by atoms with Gasteiger partial charge < -0.3 is 24.7 Å². The molecule has 1 amide bonds. The lowest BCUT2D eigenvalue weighted by atomic mass is 9.79. The minimum Gasteiger partial charge on any atom is -0.507 e. The smallest absolute Gasteiger partial charge is 0.254 e. The van der Waals surface area contributed by atoms with Crippen molar-refractivity contribution in [1.82, 2.24) is 35.5 Å². The second-order valence-corrected chi connectivity index (χ2v) is 18.8. The lowest BCUT2D eigenvalue weighted by molar-refractivity contribution is -0.134. The molecule has 2 saturated carbocycles. The van der Waals surface area contributed by atoms with E-state index in [4.69, 9.17) is 9.26 Å². The predicted molar refractivity (Wildman–Crippen MR) is 235 cm³/mol. The first-order valence-electron chi connectivity index (χ1n) is 21.8. The van der Waals surface area contributed by atoms with E-state index in [2.05, 4.69) is 72.8 Å². The molecule has 1 unspecified atom stereocenters. The van der Waals surface area contributed by atoms with Gasteiger partial charge in [-0.3, -0.25) is 14.5 Å². The molecule has 0 spiro atoms. The summed E-state index contributed by atoms with van der Waals surface area (Å²) < 4.78 is 11.9. The van der Waals surface area contributed by atoms with Gasteiger partial charge in [0.15, 0.2) is 11.4 Å². The lowest BCUT2D eigenvalue weighted by Crippen LogP contribution is -2.38. The highest BCUT2D eigenvalue weighted by Gasteiger charge is 2.44. The zero-order valence-electron chi connectivity index (χ0n) is 35.6. The van der Waals surface area contributed by atoms with Crippen molar-refractivity contribution < 1.29 is 24.0 Å². The highest BCUT2D eigenvalue weighted by molar-refractivity contribution is 7.13. The zero-order chi connectivity index (χ0) is 42.4. The number of aromatic hydroxyl groups is 1. The van der Waals surface area contributed by atoms with E-state index in [1.807, 2.05) is 51.4 Å². The third-order valence-electron chi connectivity index (χ3n) is 13.6. The van der Waals surface area contributed by atoms with E-state index in [9.17, 15) is 14.7 Å². The second-order valence-electron chi connectivity index (χ2n) is 17.9. The number of hydrogen-bond acceptors (Lipinski definition) is 11. The maximum Gasteiger partial charge on any atom is 0.254 e. The Kier molecular flexibility index (Phi) is 11.5. The summed E-state index contributed by atoms with van der Waals surface area (Å²) >= 11 is 1.62. The van der Waals surface area contributed by atoms with Crippen LogP contribution < -0.4 is 10.1 Å². The van der Waals surface area contributed by atoms with Crippen LogP contribution in [0.4, 0.5) is 0 Å². The molecule has 2 aliphatic carbocycles. The Morgan fingerprint density at radius 2 is 1.75 bits per heavy atom. The summed E-state index contributed by atoms with van der Waals surface area (Å²) in [7, 11) is 0. The number of fused-ring (bicyclic) bond motifs is 2. The molecule has 9 rings (SSSR count). The summed E-state index contributed by atoms with van der Waals surface area (Å²) in [5.74, 6) is 1.40. The number of benzene rings is 2. The fraction of sp³-hybridized carbons (Fsp3) is 0.458. The van der Waals surface area contributed by atoms with E-state index in [0.717, 1.165) is 77.3 Å². The number of H-pyrrole nitrogens is 1. The molecule has 1 aliphatic heterocycles. The van der Waals surface area contributed by atoms with Gasteiger partial charge in [-0.1, -0.05) is 56.7 Å². The number of thiazole rings is 1. The van der Waals surface area contributed by atoms with Crippen LogP contribution in [0.1, 0.15) is 99.0 Å². The fourth-order valence-corrected chi connectivity index (χ4v) is 11.4. The molecular weight excluding hydrogens is 787 g/mol. The standard InChI is InChI=1S/C48H55N7O5S/c1-26(2)43(45(57)35-10-8-11-36(35)48(58)51-27(3)30-13-15-31(16-14-30)46-29(5)49-25-61-46)41-22-42(54-60-41)59-18-17-55-23-33-19-32(20-34(33)24-55)44-28(4)50-47-38(44)21-39(52-53-47)37-9-6-7-12-40(37)56/h6-7,9,12-16,21-22,25-27,32-36,43,56H,8,10-11,17-20,23-24H2,1-5H3,(H,50,53)(H,51,58)/t27-,32-,33-,34+,35?,36+,43+/m0/s1. The molecule has 3 aliphatic rings. The molecule has 2 aromatic carbocycles. The summed E-state index contributed by atoms with van der Waals surface area (Å²) in [5.41, 5.74) is 9.62. The Morgan fingerprint density at radius 1 is 1.00 bits per heavy atom. The lowest BCUT2D eigenvalue weighted by Gasteiger charge is -2.25. The Morgan fingerprint density at radius 3 is 2.48 bits per heavy atom. The van der Waals surface area contributed by atoms with Crippen LogP contribution in [0.5, 0.6) is 11.6 Å². The zero-order valence-corrected chi connectivity index (χ0v) is 36.4. The number of carbonyl (C=O) groups excluding carboxylic acids is 2. The normalized spacial score (nSPS) is 22.5. The van der Waals surface area contributed by atoms with E-state index in [1.165, 1.54) is 5.56 Å². The van der Waals surface area contributed by atoms with Crippen LogP contribution in [0, 0.1) is 43.4 Å². The van der Waals surface area contributed by atoms with Crippen molar-refractivity contribution in [2.24, 2.45) is 29.6 Å². The van der Waals surface area contributed by atoms with E-state index >= 15 is 0 Å². The van der Waals surface area contributed by atoms with E-state index < -0.39 is 5.92 Å². The van der Waals surface area contributed by atoms with Gasteiger partial charge in [0.25, 0.3) is 5.88 Å². The molecule has 5 heterocycles. The number of nitrogens with zero attached hydrogens (tertiary/aromatic N) is 5. The van der Waals surface area contributed by atoms with Crippen molar-refractivity contribution in [3.63, 3.8) is 0 Å². The molecular formula is C48H55N7O5S. The number of ether oxygens (including phenoxy) is 1. The van der Waals surface area contributed by atoms with E-state index in [-0.39, 0.29) is 41.2 Å². The number of nitrogens with one attached hydrogen (secondary N) is 2. The summed E-state index contributed by atoms with van der Waals surface area (Å²) in [6.07, 6.45) is 4.44. The summed E-state index contributed by atoms with van der Waals surface area (Å²) in [5, 5.41) is 27.9. The number of hydrogen-bond donors (Lipinski definition) is 3. The number of aromatic amines is 1. The number of para-hydroxylation sites is 1. The minimum absolute atomic E-state index is 0.0367. The van der Waals surface area contributed by atoms with Crippen LogP contribution in [0.3, 0.4) is 0 Å². The summed E-state index contributed by atoms with van der Waals surface area (Å²) in [6, 6.07) is 19.2. The van der Waals surface area contributed by atoms with Crippen molar-refractivity contribution in [2.75, 3.05) is 26.2 Å². The first kappa shape index (κ1) is 41.0. The Hall–Kier alpha value is -5.40. The van der Waals surface area contributed by atoms with E-state index in [1.54, 1.807) is 23.5 Å². The molecule has 0 radical (unpaired) electrons. The van der Waals surface area contributed by atoms with Crippen molar-refractivity contribution in [3.8, 4) is 33.3 Å². The maximum atomic E-state index is 14.3. The first-order chi connectivity index (χ1) is 29.5. The average molecular weight is 842 g/mol.